The zero-order valence-corrected chi connectivity index (χ0v) is 11.0. The van der Waals surface area contributed by atoms with Crippen LogP contribution in [-0.4, -0.2) is 25.5 Å². The Morgan fingerprint density at radius 1 is 1.26 bits per heavy atom. The van der Waals surface area contributed by atoms with Crippen molar-refractivity contribution in [1.29, 1.82) is 0 Å². The average molecular weight is 255 g/mol. The van der Waals surface area contributed by atoms with Crippen LogP contribution in [0.1, 0.15) is 23.2 Å². The zero-order chi connectivity index (χ0) is 13.2. The Hall–Kier alpha value is -1.87. The van der Waals surface area contributed by atoms with E-state index in [2.05, 4.69) is 5.32 Å². The molecule has 0 aromatic heterocycles. The van der Waals surface area contributed by atoms with Crippen LogP contribution in [-0.2, 0) is 0 Å². The van der Waals surface area contributed by atoms with E-state index < -0.39 is 0 Å². The van der Waals surface area contributed by atoms with Crippen molar-refractivity contribution in [3.63, 3.8) is 0 Å². The van der Waals surface area contributed by atoms with Crippen LogP contribution in [0.25, 0.3) is 10.8 Å². The maximum Gasteiger partial charge on any atom is 0.184 e. The highest BCUT2D eigenvalue weighted by atomic mass is 16.5. The maximum absolute atomic E-state index is 12.7. The quantitative estimate of drug-likeness (QED) is 0.857. The van der Waals surface area contributed by atoms with E-state index in [0.717, 1.165) is 30.2 Å². The van der Waals surface area contributed by atoms with Crippen LogP contribution in [0.4, 0.5) is 0 Å². The predicted molar refractivity (Wildman–Crippen MR) is 75.9 cm³/mol. The number of hydrogen-bond acceptors (Lipinski definition) is 3. The molecule has 98 valence electrons. The number of fused-ring (bicyclic) bond motifs is 1. The molecule has 2 aromatic carbocycles. The third kappa shape index (κ3) is 2.10. The fourth-order valence-corrected chi connectivity index (χ4v) is 2.76. The fourth-order valence-electron chi connectivity index (χ4n) is 2.76. The SMILES string of the molecule is COc1ccc2ccccc2c1C(=O)C1CCCN1. The molecule has 1 atom stereocenters. The highest BCUT2D eigenvalue weighted by molar-refractivity contribution is 6.12. The van der Waals surface area contributed by atoms with E-state index in [0.29, 0.717) is 11.3 Å². The molecule has 1 fully saturated rings. The Kier molecular flexibility index (Phi) is 3.22. The molecule has 1 aliphatic rings. The van der Waals surface area contributed by atoms with E-state index >= 15 is 0 Å². The molecule has 0 spiro atoms. The predicted octanol–water partition coefficient (Wildman–Crippen LogP) is 2.78. The minimum atomic E-state index is -0.0697. The summed E-state index contributed by atoms with van der Waals surface area (Å²) in [5.41, 5.74) is 0.708. The monoisotopic (exact) mass is 255 g/mol. The van der Waals surface area contributed by atoms with Crippen molar-refractivity contribution in [2.45, 2.75) is 18.9 Å². The lowest BCUT2D eigenvalue weighted by Crippen LogP contribution is -2.31. The van der Waals surface area contributed by atoms with Crippen molar-refractivity contribution in [2.24, 2.45) is 0 Å². The number of nitrogens with one attached hydrogen (secondary N) is 1. The molecule has 0 aliphatic carbocycles. The molecule has 19 heavy (non-hydrogen) atoms. The van der Waals surface area contributed by atoms with E-state index in [1.165, 1.54) is 0 Å². The van der Waals surface area contributed by atoms with Gasteiger partial charge in [-0.2, -0.15) is 0 Å². The van der Waals surface area contributed by atoms with Crippen LogP contribution in [0.2, 0.25) is 0 Å². The zero-order valence-electron chi connectivity index (χ0n) is 11.0. The van der Waals surface area contributed by atoms with Gasteiger partial charge in [-0.1, -0.05) is 30.3 Å². The topological polar surface area (TPSA) is 38.3 Å². The number of ketones is 1. The van der Waals surface area contributed by atoms with Crippen molar-refractivity contribution < 1.29 is 9.53 Å². The van der Waals surface area contributed by atoms with Gasteiger partial charge in [0.2, 0.25) is 0 Å². The van der Waals surface area contributed by atoms with Gasteiger partial charge in [0.1, 0.15) is 5.75 Å². The van der Waals surface area contributed by atoms with Gasteiger partial charge >= 0.3 is 0 Å². The van der Waals surface area contributed by atoms with Gasteiger partial charge in [-0.15, -0.1) is 0 Å². The molecule has 1 heterocycles. The van der Waals surface area contributed by atoms with Gasteiger partial charge in [0, 0.05) is 0 Å². The van der Waals surface area contributed by atoms with Gasteiger partial charge in [0.25, 0.3) is 0 Å². The summed E-state index contributed by atoms with van der Waals surface area (Å²) in [6, 6.07) is 11.8. The lowest BCUT2D eigenvalue weighted by Gasteiger charge is -2.15. The van der Waals surface area contributed by atoms with E-state index in [1.54, 1.807) is 7.11 Å². The second kappa shape index (κ2) is 5.02. The summed E-state index contributed by atoms with van der Waals surface area (Å²) in [5, 5.41) is 5.31. The number of carbonyl (C=O) groups is 1. The van der Waals surface area contributed by atoms with Gasteiger partial charge in [0.15, 0.2) is 5.78 Å². The maximum atomic E-state index is 12.7. The van der Waals surface area contributed by atoms with Gasteiger partial charge in [0.05, 0.1) is 18.7 Å². The van der Waals surface area contributed by atoms with E-state index in [9.17, 15) is 4.79 Å². The number of ether oxygens (including phenoxy) is 1. The molecule has 0 amide bonds. The average Bonchev–Trinajstić information content (AvgIpc) is 2.99. The normalized spacial score (nSPS) is 18.7. The highest BCUT2D eigenvalue weighted by Gasteiger charge is 2.27. The van der Waals surface area contributed by atoms with Gasteiger partial charge in [-0.05, 0) is 36.2 Å². The number of methoxy groups -OCH3 is 1. The minimum absolute atomic E-state index is 0.0697. The molecule has 1 N–H and O–H groups in total. The number of Topliss-reactive ketones (excluding diaryl/α,β-unsaturated/α-hetero) is 1. The molecule has 2 aromatic rings. The van der Waals surface area contributed by atoms with Crippen molar-refractivity contribution in [2.75, 3.05) is 13.7 Å². The Bertz CT molecular complexity index is 615. The molecule has 3 heteroatoms. The van der Waals surface area contributed by atoms with Crippen LogP contribution in [0, 0.1) is 0 Å². The molecule has 1 unspecified atom stereocenters. The first-order chi connectivity index (χ1) is 9.31. The Morgan fingerprint density at radius 2 is 2.11 bits per heavy atom. The lowest BCUT2D eigenvalue weighted by atomic mass is 9.96. The van der Waals surface area contributed by atoms with Crippen LogP contribution < -0.4 is 10.1 Å². The molecule has 3 rings (SSSR count). The summed E-state index contributed by atoms with van der Waals surface area (Å²) in [6.07, 6.45) is 1.97. The first-order valence-corrected chi connectivity index (χ1v) is 6.64. The summed E-state index contributed by atoms with van der Waals surface area (Å²) < 4.78 is 5.39. The second-order valence-electron chi connectivity index (χ2n) is 4.88. The molecule has 1 aliphatic heterocycles. The van der Waals surface area contributed by atoms with Gasteiger partial charge < -0.3 is 10.1 Å². The van der Waals surface area contributed by atoms with Crippen molar-refractivity contribution in [1.82, 2.24) is 5.32 Å². The van der Waals surface area contributed by atoms with Crippen molar-refractivity contribution in [3.8, 4) is 5.75 Å². The molecule has 0 bridgehead atoms. The van der Waals surface area contributed by atoms with Crippen molar-refractivity contribution >= 4 is 16.6 Å². The fraction of sp³-hybridized carbons (Fsp3) is 0.312. The van der Waals surface area contributed by atoms with Gasteiger partial charge in [-0.3, -0.25) is 4.79 Å². The van der Waals surface area contributed by atoms with E-state index in [4.69, 9.17) is 4.74 Å². The summed E-state index contributed by atoms with van der Waals surface area (Å²) in [6.45, 7) is 0.920. The molecule has 3 nitrogen and oxygen atoms in total. The largest absolute Gasteiger partial charge is 0.496 e. The Labute approximate surface area is 112 Å². The molecule has 1 saturated heterocycles. The lowest BCUT2D eigenvalue weighted by molar-refractivity contribution is 0.0951. The molecular weight excluding hydrogens is 238 g/mol. The Balaban J connectivity index is 2.16. The van der Waals surface area contributed by atoms with Crippen LogP contribution >= 0.6 is 0 Å². The molecule has 0 saturated carbocycles. The number of benzene rings is 2. The molecule has 0 radical (unpaired) electrons. The summed E-state index contributed by atoms with van der Waals surface area (Å²) in [4.78, 5) is 12.7. The second-order valence-corrected chi connectivity index (χ2v) is 4.88. The van der Waals surface area contributed by atoms with Crippen molar-refractivity contribution in [3.05, 3.63) is 42.0 Å². The van der Waals surface area contributed by atoms with E-state index in [-0.39, 0.29) is 11.8 Å². The van der Waals surface area contributed by atoms with Crippen LogP contribution in [0.3, 0.4) is 0 Å². The number of carbonyl (C=O) groups excluding carboxylic acids is 1. The third-order valence-electron chi connectivity index (χ3n) is 3.73. The highest BCUT2D eigenvalue weighted by Crippen LogP contribution is 2.30. The number of hydrogen-bond donors (Lipinski definition) is 1. The molecular formula is C16H17NO2. The summed E-state index contributed by atoms with van der Waals surface area (Å²) >= 11 is 0. The smallest absolute Gasteiger partial charge is 0.184 e. The third-order valence-corrected chi connectivity index (χ3v) is 3.73. The Morgan fingerprint density at radius 3 is 2.84 bits per heavy atom. The summed E-state index contributed by atoms with van der Waals surface area (Å²) in [7, 11) is 1.61. The number of rotatable bonds is 3. The standard InChI is InChI=1S/C16H17NO2/c1-19-14-9-8-11-5-2-3-6-12(11)15(14)16(18)13-7-4-10-17-13/h2-3,5-6,8-9,13,17H,4,7,10H2,1H3. The van der Waals surface area contributed by atoms with Crippen LogP contribution in [0.5, 0.6) is 5.75 Å². The van der Waals surface area contributed by atoms with Gasteiger partial charge in [-0.25, -0.2) is 0 Å². The summed E-state index contributed by atoms with van der Waals surface area (Å²) in [5.74, 6) is 0.809. The van der Waals surface area contributed by atoms with E-state index in [1.807, 2.05) is 36.4 Å². The minimum Gasteiger partial charge on any atom is -0.496 e. The first-order valence-electron chi connectivity index (χ1n) is 6.64. The first kappa shape index (κ1) is 12.2. The van der Waals surface area contributed by atoms with Crippen LogP contribution in [0.15, 0.2) is 36.4 Å².